The highest BCUT2D eigenvalue weighted by molar-refractivity contribution is 9.11. The van der Waals surface area contributed by atoms with E-state index in [1.54, 1.807) is 11.3 Å². The van der Waals surface area contributed by atoms with Crippen LogP contribution in [-0.2, 0) is 11.2 Å². The molecule has 18 heavy (non-hydrogen) atoms. The molecule has 0 bridgehead atoms. The number of aliphatic carboxylic acids is 1. The zero-order valence-corrected chi connectivity index (χ0v) is 11.8. The highest BCUT2D eigenvalue weighted by Gasteiger charge is 2.18. The van der Waals surface area contributed by atoms with E-state index in [0.717, 1.165) is 8.66 Å². The van der Waals surface area contributed by atoms with E-state index in [4.69, 9.17) is 10.2 Å². The normalized spacial score (nSPS) is 11.9. The Hall–Kier alpha value is -1.12. The second-order valence-corrected chi connectivity index (χ2v) is 5.98. The average Bonchev–Trinajstić information content (AvgIpc) is 2.71. The Morgan fingerprint density at radius 1 is 1.44 bits per heavy atom. The van der Waals surface area contributed by atoms with E-state index in [2.05, 4.69) is 26.6 Å². The molecule has 0 fully saturated rings. The van der Waals surface area contributed by atoms with Gasteiger partial charge in [0.2, 0.25) is 0 Å². The number of nitrogens with one attached hydrogen (secondary N) is 2. The van der Waals surface area contributed by atoms with Gasteiger partial charge in [0.05, 0.1) is 10.4 Å². The SMILES string of the molecule is O=C(NCCc1ccc(Br)s1)N[C@@H](CO)C(=O)O. The van der Waals surface area contributed by atoms with Gasteiger partial charge < -0.3 is 20.8 Å². The lowest BCUT2D eigenvalue weighted by molar-refractivity contribution is -0.140. The van der Waals surface area contributed by atoms with Crippen LogP contribution < -0.4 is 10.6 Å². The minimum Gasteiger partial charge on any atom is -0.480 e. The van der Waals surface area contributed by atoms with Crippen LogP contribution in [0.1, 0.15) is 4.88 Å². The summed E-state index contributed by atoms with van der Waals surface area (Å²) in [5, 5.41) is 22.0. The first-order valence-electron chi connectivity index (χ1n) is 5.15. The van der Waals surface area contributed by atoms with Crippen molar-refractivity contribution in [1.82, 2.24) is 10.6 Å². The molecule has 1 atom stereocenters. The van der Waals surface area contributed by atoms with Crippen LogP contribution in [0.2, 0.25) is 0 Å². The first-order chi connectivity index (χ1) is 8.52. The van der Waals surface area contributed by atoms with Crippen molar-refractivity contribution in [2.75, 3.05) is 13.2 Å². The van der Waals surface area contributed by atoms with Crippen LogP contribution in [0.5, 0.6) is 0 Å². The molecule has 0 aliphatic rings. The summed E-state index contributed by atoms with van der Waals surface area (Å²) in [5.74, 6) is -1.27. The summed E-state index contributed by atoms with van der Waals surface area (Å²) in [6, 6.07) is 1.99. The Morgan fingerprint density at radius 2 is 2.17 bits per heavy atom. The smallest absolute Gasteiger partial charge is 0.328 e. The number of halogens is 1. The third-order valence-electron chi connectivity index (χ3n) is 2.07. The molecule has 100 valence electrons. The van der Waals surface area contributed by atoms with Crippen LogP contribution in [0.4, 0.5) is 4.79 Å². The van der Waals surface area contributed by atoms with Crippen molar-refractivity contribution in [3.8, 4) is 0 Å². The predicted octanol–water partition coefficient (Wildman–Crippen LogP) is 0.798. The lowest BCUT2D eigenvalue weighted by atomic mass is 10.3. The van der Waals surface area contributed by atoms with Crippen molar-refractivity contribution >= 4 is 39.3 Å². The van der Waals surface area contributed by atoms with Crippen LogP contribution in [0.3, 0.4) is 0 Å². The number of rotatable bonds is 6. The molecule has 0 aromatic carbocycles. The van der Waals surface area contributed by atoms with Gasteiger partial charge in [0, 0.05) is 11.4 Å². The number of carboxylic acid groups (broad SMARTS) is 1. The molecule has 1 aromatic rings. The summed E-state index contributed by atoms with van der Waals surface area (Å²) < 4.78 is 1.02. The number of hydrogen-bond acceptors (Lipinski definition) is 4. The molecule has 0 spiro atoms. The van der Waals surface area contributed by atoms with Gasteiger partial charge in [-0.15, -0.1) is 11.3 Å². The van der Waals surface area contributed by atoms with E-state index < -0.39 is 24.6 Å². The molecule has 1 rings (SSSR count). The quantitative estimate of drug-likeness (QED) is 0.617. The maximum Gasteiger partial charge on any atom is 0.328 e. The van der Waals surface area contributed by atoms with Crippen molar-refractivity contribution in [1.29, 1.82) is 0 Å². The molecular formula is C10H13BrN2O4S. The molecule has 6 nitrogen and oxygen atoms in total. The fourth-order valence-electron chi connectivity index (χ4n) is 1.18. The Labute approximate surface area is 116 Å². The highest BCUT2D eigenvalue weighted by Crippen LogP contribution is 2.21. The van der Waals surface area contributed by atoms with Gasteiger partial charge in [0.25, 0.3) is 0 Å². The van der Waals surface area contributed by atoms with Gasteiger partial charge in [0.1, 0.15) is 0 Å². The minimum absolute atomic E-state index is 0.399. The van der Waals surface area contributed by atoms with Gasteiger partial charge in [-0.1, -0.05) is 0 Å². The van der Waals surface area contributed by atoms with Gasteiger partial charge >= 0.3 is 12.0 Å². The number of urea groups is 1. The Kier molecular flexibility index (Phi) is 6.10. The van der Waals surface area contributed by atoms with E-state index in [1.807, 2.05) is 12.1 Å². The lowest BCUT2D eigenvalue weighted by Crippen LogP contribution is -2.48. The maximum absolute atomic E-state index is 11.3. The number of aliphatic hydroxyl groups excluding tert-OH is 1. The molecule has 2 amide bonds. The maximum atomic E-state index is 11.3. The summed E-state index contributed by atoms with van der Waals surface area (Å²) in [6.07, 6.45) is 0.667. The van der Waals surface area contributed by atoms with Gasteiger partial charge in [-0.25, -0.2) is 9.59 Å². The number of aliphatic hydroxyl groups is 1. The number of hydrogen-bond donors (Lipinski definition) is 4. The van der Waals surface area contributed by atoms with Gasteiger partial charge in [-0.3, -0.25) is 0 Å². The van der Waals surface area contributed by atoms with Crippen molar-refractivity contribution in [3.63, 3.8) is 0 Å². The summed E-state index contributed by atoms with van der Waals surface area (Å²) >= 11 is 4.91. The second kappa shape index (κ2) is 7.34. The highest BCUT2D eigenvalue weighted by atomic mass is 79.9. The second-order valence-electron chi connectivity index (χ2n) is 3.43. The summed E-state index contributed by atoms with van der Waals surface area (Å²) in [7, 11) is 0. The summed E-state index contributed by atoms with van der Waals surface area (Å²) in [6.45, 7) is -0.239. The largest absolute Gasteiger partial charge is 0.480 e. The van der Waals surface area contributed by atoms with E-state index in [0.29, 0.717) is 13.0 Å². The molecule has 0 saturated carbocycles. The zero-order chi connectivity index (χ0) is 13.5. The summed E-state index contributed by atoms with van der Waals surface area (Å²) in [5.41, 5.74) is 0. The molecule has 1 aromatic heterocycles. The number of thiophene rings is 1. The molecule has 0 radical (unpaired) electrons. The van der Waals surface area contributed by atoms with Gasteiger partial charge in [0.15, 0.2) is 6.04 Å². The van der Waals surface area contributed by atoms with E-state index in [9.17, 15) is 9.59 Å². The van der Waals surface area contributed by atoms with E-state index in [-0.39, 0.29) is 0 Å². The molecule has 0 aliphatic carbocycles. The Balaban J connectivity index is 2.26. The van der Waals surface area contributed by atoms with Crippen molar-refractivity contribution in [3.05, 3.63) is 20.8 Å². The Morgan fingerprint density at radius 3 is 2.67 bits per heavy atom. The average molecular weight is 337 g/mol. The lowest BCUT2D eigenvalue weighted by Gasteiger charge is -2.12. The molecule has 0 aliphatic heterocycles. The van der Waals surface area contributed by atoms with Crippen LogP contribution in [-0.4, -0.2) is 41.4 Å². The molecule has 4 N–H and O–H groups in total. The van der Waals surface area contributed by atoms with E-state index in [1.165, 1.54) is 0 Å². The molecule has 0 saturated heterocycles. The molecular weight excluding hydrogens is 324 g/mol. The number of amides is 2. The fourth-order valence-corrected chi connectivity index (χ4v) is 2.66. The van der Waals surface area contributed by atoms with E-state index >= 15 is 0 Å². The van der Waals surface area contributed by atoms with Crippen LogP contribution in [0.25, 0.3) is 0 Å². The minimum atomic E-state index is -1.28. The van der Waals surface area contributed by atoms with Gasteiger partial charge in [-0.2, -0.15) is 0 Å². The summed E-state index contributed by atoms with van der Waals surface area (Å²) in [4.78, 5) is 23.0. The molecule has 0 unspecified atom stereocenters. The van der Waals surface area contributed by atoms with Crippen LogP contribution >= 0.6 is 27.3 Å². The number of carbonyl (C=O) groups excluding carboxylic acids is 1. The zero-order valence-electron chi connectivity index (χ0n) is 9.35. The number of carbonyl (C=O) groups is 2. The van der Waals surface area contributed by atoms with Crippen LogP contribution in [0.15, 0.2) is 15.9 Å². The fraction of sp³-hybridized carbons (Fsp3) is 0.400. The van der Waals surface area contributed by atoms with Gasteiger partial charge in [-0.05, 0) is 34.5 Å². The number of carboxylic acids is 1. The topological polar surface area (TPSA) is 98.7 Å². The molecule has 8 heteroatoms. The predicted molar refractivity (Wildman–Crippen MR) is 70.8 cm³/mol. The first kappa shape index (κ1) is 14.9. The third-order valence-corrected chi connectivity index (χ3v) is 3.76. The Bertz CT molecular complexity index is 424. The standard InChI is InChI=1S/C10H13BrN2O4S/c11-8-2-1-6(18-8)3-4-12-10(17)13-7(5-14)9(15)16/h1-2,7,14H,3-5H2,(H,15,16)(H2,12,13,17)/t7-/m0/s1. The van der Waals surface area contributed by atoms with Crippen molar-refractivity contribution in [2.45, 2.75) is 12.5 Å². The first-order valence-corrected chi connectivity index (χ1v) is 6.76. The molecule has 1 heterocycles. The van der Waals surface area contributed by atoms with Crippen molar-refractivity contribution in [2.24, 2.45) is 0 Å². The monoisotopic (exact) mass is 336 g/mol. The van der Waals surface area contributed by atoms with Crippen molar-refractivity contribution < 1.29 is 19.8 Å². The third kappa shape index (κ3) is 5.03. The van der Waals surface area contributed by atoms with Crippen LogP contribution in [0, 0.1) is 0 Å².